The van der Waals surface area contributed by atoms with Gasteiger partial charge in [-0.3, -0.25) is 4.79 Å². The number of nitrogens with one attached hydrogen (secondary N) is 1. The molecule has 2 rings (SSSR count). The van der Waals surface area contributed by atoms with Crippen LogP contribution in [0, 0.1) is 0 Å². The second-order valence-corrected chi connectivity index (χ2v) is 4.64. The van der Waals surface area contributed by atoms with Crippen LogP contribution < -0.4 is 14.8 Å². The molecule has 0 saturated carbocycles. The number of carbonyl (C=O) groups is 1. The standard InChI is InChI=1S/C14H20N2O3/c1-10-9-16(8-7-15-10)14(17)13-11(18-2)5-4-6-12(13)19-3/h4-6,10,15H,7-9H2,1-3H3/t10-/m1/s1. The van der Waals surface area contributed by atoms with Gasteiger partial charge in [-0.15, -0.1) is 0 Å². The summed E-state index contributed by atoms with van der Waals surface area (Å²) in [6.07, 6.45) is 0. The van der Waals surface area contributed by atoms with E-state index in [1.807, 2.05) is 11.0 Å². The Bertz CT molecular complexity index is 440. The van der Waals surface area contributed by atoms with Gasteiger partial charge in [-0.25, -0.2) is 0 Å². The maximum Gasteiger partial charge on any atom is 0.261 e. The number of piperazine rings is 1. The fourth-order valence-electron chi connectivity index (χ4n) is 2.34. The SMILES string of the molecule is COc1cccc(OC)c1C(=O)N1CCN[C@H](C)C1. The number of carbonyl (C=O) groups excluding carboxylic acids is 1. The summed E-state index contributed by atoms with van der Waals surface area (Å²) in [6, 6.07) is 5.68. The third kappa shape index (κ3) is 2.81. The number of methoxy groups -OCH3 is 2. The highest BCUT2D eigenvalue weighted by Gasteiger charge is 2.26. The van der Waals surface area contributed by atoms with E-state index >= 15 is 0 Å². The van der Waals surface area contributed by atoms with Gasteiger partial charge in [0.05, 0.1) is 14.2 Å². The van der Waals surface area contributed by atoms with E-state index in [0.29, 0.717) is 36.2 Å². The lowest BCUT2D eigenvalue weighted by Gasteiger charge is -2.32. The fourth-order valence-corrected chi connectivity index (χ4v) is 2.34. The molecular weight excluding hydrogens is 244 g/mol. The Morgan fingerprint density at radius 2 is 1.95 bits per heavy atom. The van der Waals surface area contributed by atoms with Crippen LogP contribution in [-0.2, 0) is 0 Å². The zero-order chi connectivity index (χ0) is 13.8. The number of hydrogen-bond acceptors (Lipinski definition) is 4. The first-order valence-corrected chi connectivity index (χ1v) is 6.41. The number of ether oxygens (including phenoxy) is 2. The second-order valence-electron chi connectivity index (χ2n) is 4.64. The Balaban J connectivity index is 2.31. The van der Waals surface area contributed by atoms with Crippen LogP contribution in [0.2, 0.25) is 0 Å². The number of amides is 1. The van der Waals surface area contributed by atoms with Gasteiger partial charge in [0.15, 0.2) is 0 Å². The molecule has 1 aliphatic rings. The number of nitrogens with zero attached hydrogens (tertiary/aromatic N) is 1. The third-order valence-electron chi connectivity index (χ3n) is 3.30. The maximum absolute atomic E-state index is 12.6. The van der Waals surface area contributed by atoms with Crippen LogP contribution in [0.15, 0.2) is 18.2 Å². The monoisotopic (exact) mass is 264 g/mol. The highest BCUT2D eigenvalue weighted by Crippen LogP contribution is 2.29. The molecule has 1 aliphatic heterocycles. The predicted molar refractivity (Wildman–Crippen MR) is 72.9 cm³/mol. The first kappa shape index (κ1) is 13.7. The number of rotatable bonds is 3. The van der Waals surface area contributed by atoms with Crippen molar-refractivity contribution in [3.8, 4) is 11.5 Å². The summed E-state index contributed by atoms with van der Waals surface area (Å²) in [7, 11) is 3.12. The number of hydrogen-bond donors (Lipinski definition) is 1. The van der Waals surface area contributed by atoms with Crippen LogP contribution in [0.4, 0.5) is 0 Å². The van der Waals surface area contributed by atoms with Crippen molar-refractivity contribution in [2.45, 2.75) is 13.0 Å². The zero-order valence-electron chi connectivity index (χ0n) is 11.6. The Kier molecular flexibility index (Phi) is 4.27. The highest BCUT2D eigenvalue weighted by atomic mass is 16.5. The fraction of sp³-hybridized carbons (Fsp3) is 0.500. The van der Waals surface area contributed by atoms with Crippen LogP contribution in [0.5, 0.6) is 11.5 Å². The van der Waals surface area contributed by atoms with Gasteiger partial charge >= 0.3 is 0 Å². The van der Waals surface area contributed by atoms with Gasteiger partial charge in [-0.05, 0) is 19.1 Å². The van der Waals surface area contributed by atoms with E-state index in [2.05, 4.69) is 12.2 Å². The topological polar surface area (TPSA) is 50.8 Å². The Hall–Kier alpha value is -1.75. The van der Waals surface area contributed by atoms with Crippen LogP contribution >= 0.6 is 0 Å². The van der Waals surface area contributed by atoms with Crippen molar-refractivity contribution in [1.29, 1.82) is 0 Å². The van der Waals surface area contributed by atoms with Crippen LogP contribution in [0.3, 0.4) is 0 Å². The summed E-state index contributed by atoms with van der Waals surface area (Å²) in [6.45, 7) is 4.27. The lowest BCUT2D eigenvalue weighted by molar-refractivity contribution is 0.0702. The van der Waals surface area contributed by atoms with Crippen LogP contribution in [-0.4, -0.2) is 50.7 Å². The summed E-state index contributed by atoms with van der Waals surface area (Å²) >= 11 is 0. The minimum atomic E-state index is -0.0392. The minimum absolute atomic E-state index is 0.0392. The van der Waals surface area contributed by atoms with E-state index in [0.717, 1.165) is 6.54 Å². The van der Waals surface area contributed by atoms with E-state index in [4.69, 9.17) is 9.47 Å². The van der Waals surface area contributed by atoms with Gasteiger partial charge in [0.25, 0.3) is 5.91 Å². The first-order chi connectivity index (χ1) is 9.17. The summed E-state index contributed by atoms with van der Waals surface area (Å²) in [5.74, 6) is 1.06. The molecule has 1 heterocycles. The molecule has 104 valence electrons. The summed E-state index contributed by atoms with van der Waals surface area (Å²) in [5.41, 5.74) is 0.501. The van der Waals surface area contributed by atoms with Crippen molar-refractivity contribution < 1.29 is 14.3 Å². The molecule has 1 aromatic rings. The minimum Gasteiger partial charge on any atom is -0.496 e. The molecule has 1 aromatic carbocycles. The van der Waals surface area contributed by atoms with Gasteiger partial charge in [0, 0.05) is 25.7 Å². The molecule has 5 heteroatoms. The first-order valence-electron chi connectivity index (χ1n) is 6.41. The summed E-state index contributed by atoms with van der Waals surface area (Å²) in [4.78, 5) is 14.5. The van der Waals surface area contributed by atoms with Crippen molar-refractivity contribution in [1.82, 2.24) is 10.2 Å². The molecule has 19 heavy (non-hydrogen) atoms. The van der Waals surface area contributed by atoms with Gasteiger partial charge in [-0.1, -0.05) is 6.07 Å². The van der Waals surface area contributed by atoms with E-state index < -0.39 is 0 Å². The van der Waals surface area contributed by atoms with E-state index in [-0.39, 0.29) is 5.91 Å². The lowest BCUT2D eigenvalue weighted by atomic mass is 10.1. The van der Waals surface area contributed by atoms with Crippen molar-refractivity contribution in [2.24, 2.45) is 0 Å². The van der Waals surface area contributed by atoms with Gasteiger partial charge < -0.3 is 19.7 Å². The number of benzene rings is 1. The highest BCUT2D eigenvalue weighted by molar-refractivity contribution is 5.99. The molecule has 1 saturated heterocycles. The molecule has 1 fully saturated rings. The van der Waals surface area contributed by atoms with Crippen molar-refractivity contribution in [3.63, 3.8) is 0 Å². The summed E-state index contributed by atoms with van der Waals surface area (Å²) in [5, 5.41) is 3.32. The molecule has 1 atom stereocenters. The molecule has 0 aliphatic carbocycles. The maximum atomic E-state index is 12.6. The normalized spacial score (nSPS) is 19.1. The predicted octanol–water partition coefficient (Wildman–Crippen LogP) is 1.14. The largest absolute Gasteiger partial charge is 0.496 e. The molecule has 0 bridgehead atoms. The van der Waals surface area contributed by atoms with E-state index in [1.54, 1.807) is 26.4 Å². The van der Waals surface area contributed by atoms with E-state index in [9.17, 15) is 4.79 Å². The molecule has 5 nitrogen and oxygen atoms in total. The Morgan fingerprint density at radius 3 is 2.47 bits per heavy atom. The molecule has 0 aromatic heterocycles. The molecule has 0 radical (unpaired) electrons. The molecule has 1 amide bonds. The molecular formula is C14H20N2O3. The Labute approximate surface area is 113 Å². The average molecular weight is 264 g/mol. The van der Waals surface area contributed by atoms with Gasteiger partial charge in [0.2, 0.25) is 0 Å². The van der Waals surface area contributed by atoms with E-state index in [1.165, 1.54) is 0 Å². The van der Waals surface area contributed by atoms with Crippen molar-refractivity contribution in [3.05, 3.63) is 23.8 Å². The van der Waals surface area contributed by atoms with Crippen LogP contribution in [0.25, 0.3) is 0 Å². The second kappa shape index (κ2) is 5.93. The lowest BCUT2D eigenvalue weighted by Crippen LogP contribution is -2.51. The Morgan fingerprint density at radius 1 is 1.32 bits per heavy atom. The molecule has 1 N–H and O–H groups in total. The van der Waals surface area contributed by atoms with Crippen molar-refractivity contribution >= 4 is 5.91 Å². The van der Waals surface area contributed by atoms with Gasteiger partial charge in [-0.2, -0.15) is 0 Å². The van der Waals surface area contributed by atoms with Gasteiger partial charge in [0.1, 0.15) is 17.1 Å². The quantitative estimate of drug-likeness (QED) is 0.889. The zero-order valence-corrected chi connectivity index (χ0v) is 11.6. The smallest absolute Gasteiger partial charge is 0.261 e. The molecule has 0 spiro atoms. The molecule has 0 unspecified atom stereocenters. The van der Waals surface area contributed by atoms with Crippen LogP contribution in [0.1, 0.15) is 17.3 Å². The summed E-state index contributed by atoms with van der Waals surface area (Å²) < 4.78 is 10.6. The average Bonchev–Trinajstić information content (AvgIpc) is 2.45. The van der Waals surface area contributed by atoms with Crippen molar-refractivity contribution in [2.75, 3.05) is 33.9 Å². The third-order valence-corrected chi connectivity index (χ3v) is 3.30.